The van der Waals surface area contributed by atoms with Crippen LogP contribution in [0.1, 0.15) is 31.8 Å². The minimum atomic E-state index is -0.392. The third-order valence-corrected chi connectivity index (χ3v) is 4.11. The van der Waals surface area contributed by atoms with Crippen molar-refractivity contribution in [3.8, 4) is 11.1 Å². The van der Waals surface area contributed by atoms with Crippen molar-refractivity contribution < 1.29 is 20.0 Å². The number of carbonyl (C=O) groups is 2. The number of hydrogen-bond acceptors (Lipinski definition) is 4. The Bertz CT molecular complexity index is 761. The minimum absolute atomic E-state index is 0.176. The monoisotopic (exact) mass is 296 g/mol. The van der Waals surface area contributed by atoms with Crippen molar-refractivity contribution in [3.05, 3.63) is 58.7 Å². The molecule has 0 unspecified atom stereocenters. The number of nitrogens with zero attached hydrogens (tertiary/aromatic N) is 2. The summed E-state index contributed by atoms with van der Waals surface area (Å²) in [5, 5.41) is 20.3. The zero-order valence-electron chi connectivity index (χ0n) is 11.5. The Morgan fingerprint density at radius 2 is 1.14 bits per heavy atom. The Labute approximate surface area is 125 Å². The van der Waals surface area contributed by atoms with Crippen LogP contribution in [0.25, 0.3) is 11.1 Å². The molecule has 2 N–H and O–H groups in total. The van der Waals surface area contributed by atoms with Crippen LogP contribution in [0.2, 0.25) is 0 Å². The second kappa shape index (κ2) is 4.40. The van der Waals surface area contributed by atoms with Crippen LogP contribution < -0.4 is 0 Å². The molecule has 4 rings (SSSR count). The fourth-order valence-electron chi connectivity index (χ4n) is 2.97. The lowest BCUT2D eigenvalue weighted by molar-refractivity contribution is -0.0579. The van der Waals surface area contributed by atoms with E-state index in [9.17, 15) is 20.0 Å². The first-order chi connectivity index (χ1) is 10.5. The van der Waals surface area contributed by atoms with E-state index in [4.69, 9.17) is 0 Å². The van der Waals surface area contributed by atoms with Gasteiger partial charge in [0.05, 0.1) is 13.1 Å². The third-order valence-electron chi connectivity index (χ3n) is 4.11. The molecule has 6 heteroatoms. The van der Waals surface area contributed by atoms with E-state index in [0.717, 1.165) is 22.3 Å². The molecule has 0 atom stereocenters. The van der Waals surface area contributed by atoms with Crippen molar-refractivity contribution in [2.75, 3.05) is 0 Å². The van der Waals surface area contributed by atoms with Crippen LogP contribution >= 0.6 is 0 Å². The topological polar surface area (TPSA) is 81.1 Å². The van der Waals surface area contributed by atoms with Gasteiger partial charge >= 0.3 is 0 Å². The largest absolute Gasteiger partial charge is 0.285 e. The summed E-state index contributed by atoms with van der Waals surface area (Å²) in [6, 6.07) is 10.7. The van der Waals surface area contributed by atoms with E-state index in [2.05, 4.69) is 0 Å². The fourth-order valence-corrected chi connectivity index (χ4v) is 2.97. The van der Waals surface area contributed by atoms with Gasteiger partial charge in [0.15, 0.2) is 0 Å². The molecule has 2 heterocycles. The summed E-state index contributed by atoms with van der Waals surface area (Å²) in [5.74, 6) is -0.783. The molecule has 0 radical (unpaired) electrons. The van der Waals surface area contributed by atoms with Crippen LogP contribution in [-0.2, 0) is 13.1 Å². The summed E-state index contributed by atoms with van der Waals surface area (Å²) in [4.78, 5) is 23.4. The molecule has 2 aliphatic rings. The maximum Gasteiger partial charge on any atom is 0.277 e. The van der Waals surface area contributed by atoms with Crippen LogP contribution in [0.4, 0.5) is 0 Å². The number of fused-ring (bicyclic) bond motifs is 2. The highest BCUT2D eigenvalue weighted by Gasteiger charge is 2.28. The molecule has 110 valence electrons. The van der Waals surface area contributed by atoms with Crippen LogP contribution in [0.5, 0.6) is 0 Å². The molecular formula is C16H12N2O4. The molecular weight excluding hydrogens is 284 g/mol. The zero-order chi connectivity index (χ0) is 15.4. The Morgan fingerprint density at radius 3 is 1.55 bits per heavy atom. The Balaban J connectivity index is 1.76. The highest BCUT2D eigenvalue weighted by Crippen LogP contribution is 2.31. The smallest absolute Gasteiger partial charge is 0.277 e. The van der Waals surface area contributed by atoms with Gasteiger partial charge in [0.1, 0.15) is 0 Å². The van der Waals surface area contributed by atoms with E-state index in [-0.39, 0.29) is 13.1 Å². The van der Waals surface area contributed by atoms with Crippen molar-refractivity contribution in [1.82, 2.24) is 10.1 Å². The molecule has 2 aromatic carbocycles. The Kier molecular flexibility index (Phi) is 2.60. The van der Waals surface area contributed by atoms with Crippen LogP contribution in [0.15, 0.2) is 36.4 Å². The van der Waals surface area contributed by atoms with Gasteiger partial charge in [-0.15, -0.1) is 0 Å². The summed E-state index contributed by atoms with van der Waals surface area (Å²) >= 11 is 0. The Hall–Kier alpha value is -2.70. The van der Waals surface area contributed by atoms with Gasteiger partial charge in [-0.2, -0.15) is 0 Å². The van der Waals surface area contributed by atoms with Gasteiger partial charge in [0, 0.05) is 11.1 Å². The van der Waals surface area contributed by atoms with E-state index in [1.807, 2.05) is 24.3 Å². The predicted octanol–water partition coefficient (Wildman–Crippen LogP) is 2.04. The molecule has 6 nitrogen and oxygen atoms in total. The number of amides is 2. The van der Waals surface area contributed by atoms with Crippen molar-refractivity contribution in [3.63, 3.8) is 0 Å². The molecule has 22 heavy (non-hydrogen) atoms. The summed E-state index contributed by atoms with van der Waals surface area (Å²) in [5.41, 5.74) is 4.34. The van der Waals surface area contributed by atoms with Gasteiger partial charge in [-0.3, -0.25) is 20.0 Å². The van der Waals surface area contributed by atoms with Crippen molar-refractivity contribution in [1.29, 1.82) is 0 Å². The van der Waals surface area contributed by atoms with Gasteiger partial charge in [0.25, 0.3) is 11.8 Å². The maximum absolute atomic E-state index is 11.7. The van der Waals surface area contributed by atoms with Gasteiger partial charge in [-0.05, 0) is 46.5 Å². The maximum atomic E-state index is 11.7. The van der Waals surface area contributed by atoms with Gasteiger partial charge < -0.3 is 0 Å². The molecule has 0 fully saturated rings. The normalized spacial score (nSPS) is 16.3. The molecule has 2 amide bonds. The lowest BCUT2D eigenvalue weighted by atomic mass is 9.97. The molecule has 0 spiro atoms. The Morgan fingerprint density at radius 1 is 0.727 bits per heavy atom. The first-order valence-corrected chi connectivity index (χ1v) is 6.82. The molecule has 0 aliphatic carbocycles. The second-order valence-corrected chi connectivity index (χ2v) is 5.47. The molecule has 0 saturated carbocycles. The van der Waals surface area contributed by atoms with Gasteiger partial charge in [-0.25, -0.2) is 10.1 Å². The SMILES string of the molecule is O=C1c2ccc(-c3ccc4c(c3)CN(O)C4=O)cc2CN1O. The van der Waals surface area contributed by atoms with Crippen molar-refractivity contribution in [2.45, 2.75) is 13.1 Å². The number of hydrogen-bond donors (Lipinski definition) is 2. The molecule has 0 bridgehead atoms. The summed E-state index contributed by atoms with van der Waals surface area (Å²) in [6.45, 7) is 0.353. The highest BCUT2D eigenvalue weighted by molar-refractivity contribution is 5.99. The lowest BCUT2D eigenvalue weighted by Crippen LogP contribution is -2.18. The van der Waals surface area contributed by atoms with E-state index >= 15 is 0 Å². The third kappa shape index (κ3) is 1.75. The van der Waals surface area contributed by atoms with Crippen LogP contribution in [-0.4, -0.2) is 32.4 Å². The molecule has 2 aromatic rings. The first-order valence-electron chi connectivity index (χ1n) is 6.82. The molecule has 2 aliphatic heterocycles. The highest BCUT2D eigenvalue weighted by atomic mass is 16.5. The average molecular weight is 296 g/mol. The van der Waals surface area contributed by atoms with E-state index < -0.39 is 11.8 Å². The average Bonchev–Trinajstić information content (AvgIpc) is 2.96. The number of rotatable bonds is 1. The first kappa shape index (κ1) is 13.0. The fraction of sp³-hybridized carbons (Fsp3) is 0.125. The van der Waals surface area contributed by atoms with Crippen molar-refractivity contribution in [2.24, 2.45) is 0 Å². The zero-order valence-corrected chi connectivity index (χ0v) is 11.5. The summed E-state index contributed by atoms with van der Waals surface area (Å²) < 4.78 is 0. The quantitative estimate of drug-likeness (QED) is 0.789. The van der Waals surface area contributed by atoms with Gasteiger partial charge in [-0.1, -0.05) is 12.1 Å². The second-order valence-electron chi connectivity index (χ2n) is 5.47. The minimum Gasteiger partial charge on any atom is -0.285 e. The van der Waals surface area contributed by atoms with Crippen molar-refractivity contribution >= 4 is 11.8 Å². The van der Waals surface area contributed by atoms with E-state index in [1.54, 1.807) is 12.1 Å². The van der Waals surface area contributed by atoms with Crippen LogP contribution in [0.3, 0.4) is 0 Å². The predicted molar refractivity (Wildman–Crippen MR) is 75.2 cm³/mol. The van der Waals surface area contributed by atoms with E-state index in [0.29, 0.717) is 21.3 Å². The summed E-state index contributed by atoms with van der Waals surface area (Å²) in [7, 11) is 0. The lowest BCUT2D eigenvalue weighted by Gasteiger charge is -2.06. The standard InChI is InChI=1S/C16H12N2O4/c19-15-13-3-1-9(5-11(13)7-17(15)21)10-2-4-14-12(6-10)8-18(22)16(14)20/h1-6,21-22H,7-8H2. The van der Waals surface area contributed by atoms with Gasteiger partial charge in [0.2, 0.25) is 0 Å². The molecule has 0 aromatic heterocycles. The van der Waals surface area contributed by atoms with E-state index in [1.165, 1.54) is 0 Å². The van der Waals surface area contributed by atoms with Crippen LogP contribution in [0, 0.1) is 0 Å². The number of hydroxylamine groups is 4. The number of benzene rings is 2. The number of carbonyl (C=O) groups excluding carboxylic acids is 2. The summed E-state index contributed by atoms with van der Waals surface area (Å²) in [6.07, 6.45) is 0. The molecule has 0 saturated heterocycles.